The van der Waals surface area contributed by atoms with Crippen molar-refractivity contribution in [2.75, 3.05) is 6.61 Å². The fourth-order valence-corrected chi connectivity index (χ4v) is 2.09. The summed E-state index contributed by atoms with van der Waals surface area (Å²) in [5, 5.41) is 3.92. The van der Waals surface area contributed by atoms with Gasteiger partial charge in [-0.25, -0.2) is 0 Å². The first-order valence-electron chi connectivity index (χ1n) is 5.57. The van der Waals surface area contributed by atoms with Gasteiger partial charge >= 0.3 is 0 Å². The molecule has 0 saturated carbocycles. The molecule has 17 heavy (non-hydrogen) atoms. The standard InChI is InChI=1S/C12H13N3O2/c1-7-4-9(5-8-2-3-16-11(7)8)12-14-10(6-13)17-15-12/h4-5H,2-3,6,13H2,1H3. The van der Waals surface area contributed by atoms with Crippen LogP contribution in [0, 0.1) is 6.92 Å². The summed E-state index contributed by atoms with van der Waals surface area (Å²) in [4.78, 5) is 4.22. The van der Waals surface area contributed by atoms with Crippen LogP contribution in [0.3, 0.4) is 0 Å². The largest absolute Gasteiger partial charge is 0.493 e. The number of aryl methyl sites for hydroxylation is 1. The lowest BCUT2D eigenvalue weighted by atomic mass is 10.0. The third kappa shape index (κ3) is 1.68. The highest BCUT2D eigenvalue weighted by atomic mass is 16.5. The monoisotopic (exact) mass is 231 g/mol. The second kappa shape index (κ2) is 3.85. The Morgan fingerprint density at radius 1 is 1.41 bits per heavy atom. The van der Waals surface area contributed by atoms with Crippen LogP contribution >= 0.6 is 0 Å². The van der Waals surface area contributed by atoms with Crippen LogP contribution in [0.5, 0.6) is 5.75 Å². The van der Waals surface area contributed by atoms with Crippen molar-refractivity contribution < 1.29 is 9.26 Å². The molecule has 0 aliphatic carbocycles. The highest BCUT2D eigenvalue weighted by molar-refractivity contribution is 5.61. The molecule has 0 amide bonds. The maximum absolute atomic E-state index is 5.56. The highest BCUT2D eigenvalue weighted by Crippen LogP contribution is 2.33. The van der Waals surface area contributed by atoms with E-state index in [1.807, 2.05) is 13.0 Å². The van der Waals surface area contributed by atoms with Gasteiger partial charge in [0.15, 0.2) is 0 Å². The Bertz CT molecular complexity index is 563. The molecule has 1 aliphatic heterocycles. The molecule has 1 aromatic carbocycles. The molecule has 0 unspecified atom stereocenters. The van der Waals surface area contributed by atoms with E-state index in [9.17, 15) is 0 Å². The summed E-state index contributed by atoms with van der Waals surface area (Å²) in [5.41, 5.74) is 8.71. The van der Waals surface area contributed by atoms with Crippen LogP contribution in [-0.2, 0) is 13.0 Å². The van der Waals surface area contributed by atoms with Crippen molar-refractivity contribution in [3.8, 4) is 17.1 Å². The lowest BCUT2D eigenvalue weighted by molar-refractivity contribution is 0.354. The molecule has 0 radical (unpaired) electrons. The van der Waals surface area contributed by atoms with Gasteiger partial charge in [-0.15, -0.1) is 0 Å². The first-order chi connectivity index (χ1) is 8.28. The number of benzene rings is 1. The summed E-state index contributed by atoms with van der Waals surface area (Å²) >= 11 is 0. The minimum Gasteiger partial charge on any atom is -0.493 e. The van der Waals surface area contributed by atoms with Crippen LogP contribution in [0.2, 0.25) is 0 Å². The molecule has 2 aromatic rings. The van der Waals surface area contributed by atoms with Crippen molar-refractivity contribution in [1.29, 1.82) is 0 Å². The van der Waals surface area contributed by atoms with Gasteiger partial charge in [-0.1, -0.05) is 5.16 Å². The Morgan fingerprint density at radius 3 is 3.06 bits per heavy atom. The van der Waals surface area contributed by atoms with E-state index in [2.05, 4.69) is 16.2 Å². The zero-order valence-electron chi connectivity index (χ0n) is 9.56. The summed E-state index contributed by atoms with van der Waals surface area (Å²) in [5.74, 6) is 2.04. The Labute approximate surface area is 98.6 Å². The minimum atomic E-state index is 0.264. The molecule has 0 atom stereocenters. The third-order valence-corrected chi connectivity index (χ3v) is 2.87. The average Bonchev–Trinajstić information content (AvgIpc) is 2.97. The second-order valence-corrected chi connectivity index (χ2v) is 4.10. The SMILES string of the molecule is Cc1cc(-c2noc(CN)n2)cc2c1OCC2. The number of rotatable bonds is 2. The Morgan fingerprint density at radius 2 is 2.29 bits per heavy atom. The van der Waals surface area contributed by atoms with Crippen molar-refractivity contribution in [1.82, 2.24) is 10.1 Å². The van der Waals surface area contributed by atoms with Crippen LogP contribution in [0.4, 0.5) is 0 Å². The van der Waals surface area contributed by atoms with Crippen molar-refractivity contribution in [2.24, 2.45) is 5.73 Å². The number of nitrogens with two attached hydrogens (primary N) is 1. The number of hydrogen-bond acceptors (Lipinski definition) is 5. The molecular formula is C12H13N3O2. The molecule has 3 rings (SSSR count). The predicted octanol–water partition coefficient (Wildman–Crippen LogP) is 1.44. The lowest BCUT2D eigenvalue weighted by Crippen LogP contribution is -1.95. The maximum Gasteiger partial charge on any atom is 0.240 e. The van der Waals surface area contributed by atoms with Crippen molar-refractivity contribution >= 4 is 0 Å². The quantitative estimate of drug-likeness (QED) is 0.846. The van der Waals surface area contributed by atoms with E-state index in [0.717, 1.165) is 29.9 Å². The van der Waals surface area contributed by atoms with E-state index in [1.54, 1.807) is 0 Å². The number of nitrogens with zero attached hydrogens (tertiary/aromatic N) is 2. The van der Waals surface area contributed by atoms with Crippen molar-refractivity contribution in [3.05, 3.63) is 29.2 Å². The van der Waals surface area contributed by atoms with E-state index >= 15 is 0 Å². The molecule has 88 valence electrons. The number of aromatic nitrogens is 2. The fourth-order valence-electron chi connectivity index (χ4n) is 2.09. The van der Waals surface area contributed by atoms with E-state index in [-0.39, 0.29) is 6.54 Å². The summed E-state index contributed by atoms with van der Waals surface area (Å²) in [7, 11) is 0. The van der Waals surface area contributed by atoms with Crippen LogP contribution in [0.1, 0.15) is 17.0 Å². The molecule has 0 fully saturated rings. The first-order valence-corrected chi connectivity index (χ1v) is 5.57. The van der Waals surface area contributed by atoms with Gasteiger partial charge in [0.1, 0.15) is 5.75 Å². The van der Waals surface area contributed by atoms with E-state index in [1.165, 1.54) is 5.56 Å². The Hall–Kier alpha value is -1.88. The number of hydrogen-bond donors (Lipinski definition) is 1. The number of fused-ring (bicyclic) bond motifs is 1. The molecule has 0 spiro atoms. The molecule has 5 nitrogen and oxygen atoms in total. The van der Waals surface area contributed by atoms with Crippen molar-refractivity contribution in [2.45, 2.75) is 19.9 Å². The van der Waals surface area contributed by atoms with Gasteiger partial charge in [-0.2, -0.15) is 4.98 Å². The highest BCUT2D eigenvalue weighted by Gasteiger charge is 2.18. The van der Waals surface area contributed by atoms with Gasteiger partial charge in [0.25, 0.3) is 0 Å². The molecule has 0 bridgehead atoms. The first kappa shape index (κ1) is 10.3. The molecular weight excluding hydrogens is 218 g/mol. The summed E-state index contributed by atoms with van der Waals surface area (Å²) in [6, 6.07) is 4.07. The molecule has 5 heteroatoms. The van der Waals surface area contributed by atoms with E-state index in [4.69, 9.17) is 15.0 Å². The molecule has 1 aromatic heterocycles. The van der Waals surface area contributed by atoms with Gasteiger partial charge in [-0.3, -0.25) is 0 Å². The van der Waals surface area contributed by atoms with Gasteiger partial charge in [0.05, 0.1) is 13.2 Å². The van der Waals surface area contributed by atoms with Crippen LogP contribution < -0.4 is 10.5 Å². The van der Waals surface area contributed by atoms with Gasteiger partial charge in [0, 0.05) is 12.0 Å². The zero-order chi connectivity index (χ0) is 11.8. The minimum absolute atomic E-state index is 0.264. The molecule has 0 saturated heterocycles. The van der Waals surface area contributed by atoms with E-state index < -0.39 is 0 Å². The molecule has 2 N–H and O–H groups in total. The normalized spacial score (nSPS) is 13.5. The Kier molecular flexibility index (Phi) is 2.33. The smallest absolute Gasteiger partial charge is 0.240 e. The van der Waals surface area contributed by atoms with Crippen LogP contribution in [0.15, 0.2) is 16.7 Å². The molecule has 2 heterocycles. The average molecular weight is 231 g/mol. The van der Waals surface area contributed by atoms with Crippen LogP contribution in [0.25, 0.3) is 11.4 Å². The van der Waals surface area contributed by atoms with Crippen molar-refractivity contribution in [3.63, 3.8) is 0 Å². The Balaban J connectivity index is 2.06. The van der Waals surface area contributed by atoms with Gasteiger partial charge < -0.3 is 15.0 Å². The summed E-state index contributed by atoms with van der Waals surface area (Å²) in [6.45, 7) is 3.04. The lowest BCUT2D eigenvalue weighted by Gasteiger charge is -2.05. The predicted molar refractivity (Wildman–Crippen MR) is 61.6 cm³/mol. The van der Waals surface area contributed by atoms with Gasteiger partial charge in [-0.05, 0) is 30.2 Å². The zero-order valence-corrected chi connectivity index (χ0v) is 9.56. The maximum atomic E-state index is 5.56. The van der Waals surface area contributed by atoms with Crippen LogP contribution in [-0.4, -0.2) is 16.7 Å². The van der Waals surface area contributed by atoms with Gasteiger partial charge in [0.2, 0.25) is 11.7 Å². The third-order valence-electron chi connectivity index (χ3n) is 2.87. The summed E-state index contributed by atoms with van der Waals surface area (Å²) < 4.78 is 10.6. The fraction of sp³-hybridized carbons (Fsp3) is 0.333. The molecule has 1 aliphatic rings. The number of ether oxygens (including phenoxy) is 1. The second-order valence-electron chi connectivity index (χ2n) is 4.10. The summed E-state index contributed by atoms with van der Waals surface area (Å²) in [6.07, 6.45) is 0.936. The topological polar surface area (TPSA) is 74.2 Å². The van der Waals surface area contributed by atoms with E-state index in [0.29, 0.717) is 11.7 Å².